The third-order valence-electron chi connectivity index (χ3n) is 6.12. The lowest BCUT2D eigenvalue weighted by atomic mass is 10.1. The molecule has 8 heteroatoms. The monoisotopic (exact) mass is 455 g/mol. The smallest absolute Gasteiger partial charge is 0.243 e. The van der Waals surface area contributed by atoms with E-state index in [-0.39, 0.29) is 28.7 Å². The van der Waals surface area contributed by atoms with Gasteiger partial charge in [-0.25, -0.2) is 8.42 Å². The van der Waals surface area contributed by atoms with Crippen molar-refractivity contribution in [3.05, 3.63) is 59.7 Å². The van der Waals surface area contributed by atoms with Crippen molar-refractivity contribution in [2.24, 2.45) is 5.92 Å². The largest absolute Gasteiger partial charge is 0.348 e. The summed E-state index contributed by atoms with van der Waals surface area (Å²) in [7, 11) is -3.74. The fourth-order valence-electron chi connectivity index (χ4n) is 3.97. The minimum atomic E-state index is -3.74. The molecule has 2 fully saturated rings. The van der Waals surface area contributed by atoms with Gasteiger partial charge in [0.05, 0.1) is 10.9 Å². The highest BCUT2D eigenvalue weighted by Crippen LogP contribution is 2.30. The van der Waals surface area contributed by atoms with Crippen molar-refractivity contribution < 1.29 is 18.0 Å². The zero-order chi connectivity index (χ0) is 22.9. The molecule has 2 aliphatic rings. The van der Waals surface area contributed by atoms with Crippen LogP contribution in [0.2, 0.25) is 0 Å². The molecule has 32 heavy (non-hydrogen) atoms. The van der Waals surface area contributed by atoms with Gasteiger partial charge in [-0.2, -0.15) is 4.31 Å². The Balaban J connectivity index is 1.41. The van der Waals surface area contributed by atoms with Crippen molar-refractivity contribution in [2.45, 2.75) is 56.5 Å². The van der Waals surface area contributed by atoms with Crippen molar-refractivity contribution in [2.75, 3.05) is 11.9 Å². The number of amides is 2. The van der Waals surface area contributed by atoms with Crippen LogP contribution in [-0.4, -0.2) is 37.1 Å². The van der Waals surface area contributed by atoms with E-state index in [1.54, 1.807) is 24.3 Å². The van der Waals surface area contributed by atoms with Crippen LogP contribution >= 0.6 is 0 Å². The highest BCUT2D eigenvalue weighted by Gasteiger charge is 2.39. The van der Waals surface area contributed by atoms with Crippen molar-refractivity contribution in [1.82, 2.24) is 9.62 Å². The molecule has 2 atom stereocenters. The highest BCUT2D eigenvalue weighted by atomic mass is 32.2. The van der Waals surface area contributed by atoms with E-state index in [9.17, 15) is 18.0 Å². The summed E-state index contributed by atoms with van der Waals surface area (Å²) in [6, 6.07) is 13.1. The number of sulfonamides is 1. The summed E-state index contributed by atoms with van der Waals surface area (Å²) in [5.41, 5.74) is 2.59. The lowest BCUT2D eigenvalue weighted by Crippen LogP contribution is -2.46. The number of aryl methyl sites for hydroxylation is 1. The minimum Gasteiger partial charge on any atom is -0.348 e. The molecule has 0 spiro atoms. The van der Waals surface area contributed by atoms with Gasteiger partial charge in [-0.3, -0.25) is 9.59 Å². The van der Waals surface area contributed by atoms with Crippen LogP contribution in [0, 0.1) is 12.8 Å². The first-order valence-electron chi connectivity index (χ1n) is 11.1. The second kappa shape index (κ2) is 9.03. The molecule has 1 unspecified atom stereocenters. The Morgan fingerprint density at radius 3 is 2.25 bits per heavy atom. The van der Waals surface area contributed by atoms with Crippen LogP contribution < -0.4 is 10.6 Å². The average molecular weight is 456 g/mol. The third kappa shape index (κ3) is 4.86. The predicted octanol–water partition coefficient (Wildman–Crippen LogP) is 3.37. The summed E-state index contributed by atoms with van der Waals surface area (Å²) < 4.78 is 27.5. The fourth-order valence-corrected chi connectivity index (χ4v) is 5.63. The number of carbonyl (C=O) groups excluding carboxylic acids is 2. The number of carbonyl (C=O) groups is 2. The van der Waals surface area contributed by atoms with E-state index < -0.39 is 16.1 Å². The molecule has 1 saturated carbocycles. The Labute approximate surface area is 189 Å². The van der Waals surface area contributed by atoms with Crippen LogP contribution in [-0.2, 0) is 19.6 Å². The van der Waals surface area contributed by atoms with Gasteiger partial charge in [0.2, 0.25) is 21.8 Å². The standard InChI is InChI=1S/C24H29N3O4S/c1-16-5-13-21(14-6-16)32(30,31)27-15-3-4-22(27)24(29)25-17(2)18-9-11-20(12-10-18)26-23(28)19-7-8-19/h5-6,9-14,17,19,22H,3-4,7-8,15H2,1-2H3,(H,25,29)(H,26,28)/t17?,22-/m0/s1. The van der Waals surface area contributed by atoms with E-state index >= 15 is 0 Å². The van der Waals surface area contributed by atoms with Crippen LogP contribution in [0.3, 0.4) is 0 Å². The Morgan fingerprint density at radius 2 is 1.62 bits per heavy atom. The van der Waals surface area contributed by atoms with Gasteiger partial charge in [-0.1, -0.05) is 29.8 Å². The van der Waals surface area contributed by atoms with Crippen LogP contribution in [0.5, 0.6) is 0 Å². The lowest BCUT2D eigenvalue weighted by molar-refractivity contribution is -0.124. The predicted molar refractivity (Wildman–Crippen MR) is 122 cm³/mol. The van der Waals surface area contributed by atoms with E-state index in [2.05, 4.69) is 10.6 Å². The van der Waals surface area contributed by atoms with Crippen LogP contribution in [0.15, 0.2) is 53.4 Å². The van der Waals surface area contributed by atoms with Gasteiger partial charge < -0.3 is 10.6 Å². The zero-order valence-electron chi connectivity index (χ0n) is 18.4. The van der Waals surface area contributed by atoms with Gasteiger partial charge in [0.15, 0.2) is 0 Å². The summed E-state index contributed by atoms with van der Waals surface area (Å²) in [6.07, 6.45) is 3.04. The Kier molecular flexibility index (Phi) is 6.35. The molecule has 2 amide bonds. The number of nitrogens with one attached hydrogen (secondary N) is 2. The lowest BCUT2D eigenvalue weighted by Gasteiger charge is -2.25. The molecule has 0 aromatic heterocycles. The Morgan fingerprint density at radius 1 is 0.969 bits per heavy atom. The molecule has 1 aliphatic carbocycles. The van der Waals surface area contributed by atoms with Gasteiger partial charge in [0.25, 0.3) is 0 Å². The molecule has 170 valence electrons. The number of anilines is 1. The highest BCUT2D eigenvalue weighted by molar-refractivity contribution is 7.89. The molecular weight excluding hydrogens is 426 g/mol. The van der Waals surface area contributed by atoms with Gasteiger partial charge >= 0.3 is 0 Å². The SMILES string of the molecule is Cc1ccc(S(=O)(=O)N2CCC[C@H]2C(=O)NC(C)c2ccc(NC(=O)C3CC3)cc2)cc1. The number of hydrogen-bond acceptors (Lipinski definition) is 4. The molecule has 0 radical (unpaired) electrons. The maximum atomic E-state index is 13.1. The second-order valence-electron chi connectivity index (χ2n) is 8.70. The number of benzene rings is 2. The number of hydrogen-bond donors (Lipinski definition) is 2. The van der Waals surface area contributed by atoms with Gasteiger partial charge in [-0.15, -0.1) is 0 Å². The minimum absolute atomic E-state index is 0.0511. The first-order chi connectivity index (χ1) is 15.3. The molecular formula is C24H29N3O4S. The van der Waals surface area contributed by atoms with Gasteiger partial charge in [-0.05, 0) is 69.4 Å². The molecule has 7 nitrogen and oxygen atoms in total. The van der Waals surface area contributed by atoms with Crippen molar-refractivity contribution >= 4 is 27.5 Å². The van der Waals surface area contributed by atoms with Gasteiger partial charge in [0.1, 0.15) is 6.04 Å². The summed E-state index contributed by atoms with van der Waals surface area (Å²) in [4.78, 5) is 25.1. The molecule has 1 saturated heterocycles. The fraction of sp³-hybridized carbons (Fsp3) is 0.417. The van der Waals surface area contributed by atoms with Crippen molar-refractivity contribution in [1.29, 1.82) is 0 Å². The van der Waals surface area contributed by atoms with E-state index in [4.69, 9.17) is 0 Å². The number of nitrogens with zero attached hydrogens (tertiary/aromatic N) is 1. The maximum Gasteiger partial charge on any atom is 0.243 e. The molecule has 2 aromatic rings. The molecule has 2 aromatic carbocycles. The Bertz CT molecular complexity index is 1090. The molecule has 4 rings (SSSR count). The third-order valence-corrected chi connectivity index (χ3v) is 8.04. The first-order valence-corrected chi connectivity index (χ1v) is 12.5. The zero-order valence-corrected chi connectivity index (χ0v) is 19.2. The normalized spacial score (nSPS) is 20.0. The first kappa shape index (κ1) is 22.5. The quantitative estimate of drug-likeness (QED) is 0.669. The van der Waals surface area contributed by atoms with Crippen molar-refractivity contribution in [3.63, 3.8) is 0 Å². The topological polar surface area (TPSA) is 95.6 Å². The van der Waals surface area contributed by atoms with E-state index in [0.29, 0.717) is 19.4 Å². The summed E-state index contributed by atoms with van der Waals surface area (Å²) in [6.45, 7) is 4.10. The van der Waals surface area contributed by atoms with E-state index in [0.717, 1.165) is 29.7 Å². The maximum absolute atomic E-state index is 13.1. The molecule has 1 aliphatic heterocycles. The van der Waals surface area contributed by atoms with E-state index in [1.165, 1.54) is 4.31 Å². The summed E-state index contributed by atoms with van der Waals surface area (Å²) >= 11 is 0. The van der Waals surface area contributed by atoms with Gasteiger partial charge in [0, 0.05) is 18.2 Å². The molecule has 1 heterocycles. The van der Waals surface area contributed by atoms with Crippen LogP contribution in [0.4, 0.5) is 5.69 Å². The summed E-state index contributed by atoms with van der Waals surface area (Å²) in [5, 5.41) is 5.85. The Hall–Kier alpha value is -2.71. The average Bonchev–Trinajstić information content (AvgIpc) is 3.50. The molecule has 0 bridgehead atoms. The molecule has 2 N–H and O–H groups in total. The van der Waals surface area contributed by atoms with Crippen LogP contribution in [0.25, 0.3) is 0 Å². The second-order valence-corrected chi connectivity index (χ2v) is 10.6. The van der Waals surface area contributed by atoms with Crippen LogP contribution in [0.1, 0.15) is 49.8 Å². The number of rotatable bonds is 7. The summed E-state index contributed by atoms with van der Waals surface area (Å²) in [5.74, 6) is -0.106. The van der Waals surface area contributed by atoms with E-state index in [1.807, 2.05) is 38.1 Å². The van der Waals surface area contributed by atoms with Crippen molar-refractivity contribution in [3.8, 4) is 0 Å².